The molecule has 4 N–H and O–H groups in total. The zero-order valence-electron chi connectivity index (χ0n) is 26.4. The summed E-state index contributed by atoms with van der Waals surface area (Å²) in [5.74, 6) is 0.411. The standard InChI is InChI=1S/C34H41N9O3/c1-36-31(45)24-11-13-27-22(16-24)9-10-23-17-25(32(46)37-2)12-14-28(23)34(27,33-39-41-42-40-33)18-29(21-6-3-4-7-21)38-20-30(44)43-15-5-8-26(43)19-35/h11-14,16-17,21,26,29,38H,3-10,15,18,20H2,1-2H3,(H,36,45)(H,37,46)(H,39,40,41,42)/t26?,29-/m1/s1. The summed E-state index contributed by atoms with van der Waals surface area (Å²) in [5, 5.41) is 34.7. The fourth-order valence-corrected chi connectivity index (χ4v) is 7.93. The lowest BCUT2D eigenvalue weighted by molar-refractivity contribution is -0.130. The molecule has 0 spiro atoms. The number of aryl methyl sites for hydroxylation is 2. The molecule has 1 aliphatic heterocycles. The number of likely N-dealkylation sites (tertiary alicyclic amines) is 1. The van der Waals surface area contributed by atoms with Crippen molar-refractivity contribution in [1.82, 2.24) is 41.5 Å². The van der Waals surface area contributed by atoms with Crippen LogP contribution >= 0.6 is 0 Å². The Bertz CT molecular complexity index is 1570. The third-order valence-corrected chi connectivity index (χ3v) is 10.2. The number of H-pyrrole nitrogens is 1. The lowest BCUT2D eigenvalue weighted by Gasteiger charge is -2.39. The van der Waals surface area contributed by atoms with Crippen LogP contribution in [0.2, 0.25) is 0 Å². The summed E-state index contributed by atoms with van der Waals surface area (Å²) in [6.45, 7) is 0.730. The minimum absolute atomic E-state index is 0.0623. The molecular weight excluding hydrogens is 582 g/mol. The predicted molar refractivity (Wildman–Crippen MR) is 170 cm³/mol. The van der Waals surface area contributed by atoms with Crippen molar-refractivity contribution >= 4 is 17.7 Å². The van der Waals surface area contributed by atoms with E-state index in [1.165, 1.54) is 0 Å². The maximum Gasteiger partial charge on any atom is 0.251 e. The van der Waals surface area contributed by atoms with Gasteiger partial charge in [0.1, 0.15) is 6.04 Å². The van der Waals surface area contributed by atoms with Gasteiger partial charge in [-0.1, -0.05) is 30.2 Å². The summed E-state index contributed by atoms with van der Waals surface area (Å²) < 4.78 is 0. The van der Waals surface area contributed by atoms with Crippen LogP contribution in [0.15, 0.2) is 36.4 Å². The van der Waals surface area contributed by atoms with Crippen LogP contribution in [0.1, 0.15) is 93.7 Å². The molecular formula is C34H41N9O3. The molecule has 1 saturated carbocycles. The molecule has 1 saturated heterocycles. The number of benzene rings is 2. The monoisotopic (exact) mass is 623 g/mol. The number of carbonyl (C=O) groups is 3. The Morgan fingerprint density at radius 1 is 0.978 bits per heavy atom. The molecule has 3 aromatic rings. The summed E-state index contributed by atoms with van der Waals surface area (Å²) >= 11 is 0. The normalized spacial score (nSPS) is 19.4. The third kappa shape index (κ3) is 5.75. The van der Waals surface area contributed by atoms with Crippen LogP contribution in [-0.4, -0.2) is 82.5 Å². The van der Waals surface area contributed by atoms with Crippen LogP contribution in [0.5, 0.6) is 0 Å². The smallest absolute Gasteiger partial charge is 0.251 e. The minimum Gasteiger partial charge on any atom is -0.355 e. The topological polar surface area (TPSA) is 169 Å². The maximum absolute atomic E-state index is 13.4. The molecule has 6 rings (SSSR count). The van der Waals surface area contributed by atoms with E-state index < -0.39 is 5.41 Å². The molecule has 46 heavy (non-hydrogen) atoms. The fraction of sp³-hybridized carbons (Fsp3) is 0.500. The van der Waals surface area contributed by atoms with Crippen molar-refractivity contribution in [2.24, 2.45) is 5.92 Å². The highest BCUT2D eigenvalue weighted by molar-refractivity contribution is 5.95. The Morgan fingerprint density at radius 3 is 2.15 bits per heavy atom. The molecule has 2 heterocycles. The number of nitrogens with one attached hydrogen (secondary N) is 4. The number of hydrogen-bond donors (Lipinski definition) is 4. The second-order valence-corrected chi connectivity index (χ2v) is 12.7. The van der Waals surface area contributed by atoms with E-state index in [-0.39, 0.29) is 36.3 Å². The highest BCUT2D eigenvalue weighted by Gasteiger charge is 2.47. The fourth-order valence-electron chi connectivity index (χ4n) is 7.93. The number of nitriles is 1. The van der Waals surface area contributed by atoms with Crippen molar-refractivity contribution in [3.8, 4) is 6.07 Å². The van der Waals surface area contributed by atoms with Crippen LogP contribution in [0.4, 0.5) is 0 Å². The molecule has 12 heteroatoms. The van der Waals surface area contributed by atoms with Gasteiger partial charge in [-0.15, -0.1) is 10.2 Å². The van der Waals surface area contributed by atoms with Gasteiger partial charge in [0.2, 0.25) is 5.91 Å². The van der Waals surface area contributed by atoms with Gasteiger partial charge in [-0.05, 0) is 97.4 Å². The first-order chi connectivity index (χ1) is 22.4. The van der Waals surface area contributed by atoms with Crippen LogP contribution in [0.3, 0.4) is 0 Å². The van der Waals surface area contributed by atoms with Crippen molar-refractivity contribution in [3.05, 3.63) is 75.6 Å². The molecule has 240 valence electrons. The predicted octanol–water partition coefficient (Wildman–Crippen LogP) is 2.40. The largest absolute Gasteiger partial charge is 0.355 e. The van der Waals surface area contributed by atoms with E-state index in [9.17, 15) is 19.6 Å². The Morgan fingerprint density at radius 2 is 1.61 bits per heavy atom. The van der Waals surface area contributed by atoms with Crippen LogP contribution in [0, 0.1) is 17.2 Å². The van der Waals surface area contributed by atoms with Gasteiger partial charge in [0, 0.05) is 37.8 Å². The van der Waals surface area contributed by atoms with Crippen LogP contribution in [0.25, 0.3) is 0 Å². The van der Waals surface area contributed by atoms with Gasteiger partial charge >= 0.3 is 0 Å². The molecule has 3 aliphatic rings. The van der Waals surface area contributed by atoms with Gasteiger partial charge < -0.3 is 20.9 Å². The lowest BCUT2D eigenvalue weighted by atomic mass is 9.66. The van der Waals surface area contributed by atoms with Gasteiger partial charge in [-0.2, -0.15) is 10.5 Å². The van der Waals surface area contributed by atoms with Crippen molar-refractivity contribution in [2.75, 3.05) is 27.2 Å². The van der Waals surface area contributed by atoms with Crippen molar-refractivity contribution in [2.45, 2.75) is 75.3 Å². The first kappa shape index (κ1) is 31.4. The number of tetrazole rings is 1. The molecule has 2 fully saturated rings. The molecule has 2 aromatic carbocycles. The highest BCUT2D eigenvalue weighted by Crippen LogP contribution is 2.48. The summed E-state index contributed by atoms with van der Waals surface area (Å²) in [4.78, 5) is 40.6. The number of aromatic nitrogens is 4. The van der Waals surface area contributed by atoms with E-state index in [1.54, 1.807) is 19.0 Å². The lowest BCUT2D eigenvalue weighted by Crippen LogP contribution is -2.48. The summed E-state index contributed by atoms with van der Waals surface area (Å²) in [6.07, 6.45) is 7.67. The molecule has 3 amide bonds. The molecule has 2 aliphatic carbocycles. The number of hydrogen-bond acceptors (Lipinski definition) is 8. The van der Waals surface area contributed by atoms with E-state index in [4.69, 9.17) is 0 Å². The summed E-state index contributed by atoms with van der Waals surface area (Å²) in [7, 11) is 3.24. The number of fused-ring (bicyclic) bond motifs is 2. The number of nitrogens with zero attached hydrogens (tertiary/aromatic N) is 5. The Hall–Kier alpha value is -4.63. The molecule has 1 aromatic heterocycles. The average molecular weight is 624 g/mol. The first-order valence-electron chi connectivity index (χ1n) is 16.3. The van der Waals surface area contributed by atoms with E-state index in [0.717, 1.165) is 54.4 Å². The highest BCUT2D eigenvalue weighted by atomic mass is 16.2. The van der Waals surface area contributed by atoms with E-state index in [1.807, 2.05) is 36.4 Å². The zero-order chi connectivity index (χ0) is 32.3. The van der Waals surface area contributed by atoms with Crippen LogP contribution < -0.4 is 16.0 Å². The molecule has 1 unspecified atom stereocenters. The van der Waals surface area contributed by atoms with Gasteiger partial charge in [0.15, 0.2) is 5.82 Å². The SMILES string of the molecule is CNC(=O)c1ccc2c(c1)CCc1cc(C(=O)NC)ccc1C2(C[C@@H](NCC(=O)N1CCCC1C#N)C1CCCC1)c1nn[nH]n1. The number of carbonyl (C=O) groups excluding carboxylic acids is 3. The van der Waals surface area contributed by atoms with Gasteiger partial charge in [0.05, 0.1) is 18.0 Å². The van der Waals surface area contributed by atoms with Gasteiger partial charge in [-0.25, -0.2) is 0 Å². The van der Waals surface area contributed by atoms with Gasteiger partial charge in [0.25, 0.3) is 11.8 Å². The number of amides is 3. The van der Waals surface area contributed by atoms with E-state index in [0.29, 0.717) is 55.1 Å². The molecule has 0 radical (unpaired) electrons. The van der Waals surface area contributed by atoms with Gasteiger partial charge in [-0.3, -0.25) is 14.4 Å². The summed E-state index contributed by atoms with van der Waals surface area (Å²) in [6, 6.07) is 13.4. The third-order valence-electron chi connectivity index (χ3n) is 10.2. The second kappa shape index (κ2) is 13.4. The zero-order valence-corrected chi connectivity index (χ0v) is 26.4. The van der Waals surface area contributed by atoms with Crippen molar-refractivity contribution in [1.29, 1.82) is 5.26 Å². The molecule has 0 bridgehead atoms. The minimum atomic E-state index is -0.900. The Labute approximate surface area is 268 Å². The van der Waals surface area contributed by atoms with E-state index >= 15 is 0 Å². The maximum atomic E-state index is 13.4. The average Bonchev–Trinajstić information content (AvgIpc) is 3.89. The van der Waals surface area contributed by atoms with E-state index in [2.05, 4.69) is 42.6 Å². The molecule has 2 atom stereocenters. The Kier molecular flexibility index (Phi) is 9.12. The van der Waals surface area contributed by atoms with Crippen molar-refractivity contribution in [3.63, 3.8) is 0 Å². The first-order valence-corrected chi connectivity index (χ1v) is 16.3. The van der Waals surface area contributed by atoms with Crippen LogP contribution in [-0.2, 0) is 23.1 Å². The quantitative estimate of drug-likeness (QED) is 0.282. The number of rotatable bonds is 9. The van der Waals surface area contributed by atoms with Crippen molar-refractivity contribution < 1.29 is 14.4 Å². The number of aromatic amines is 1. The Balaban J connectivity index is 1.49. The second-order valence-electron chi connectivity index (χ2n) is 12.7. The summed E-state index contributed by atoms with van der Waals surface area (Å²) in [5.41, 5.74) is 4.19. The molecule has 12 nitrogen and oxygen atoms in total.